The van der Waals surface area contributed by atoms with E-state index in [0.717, 1.165) is 16.6 Å². The number of nitrogens with two attached hydrogens (primary N) is 1. The number of aromatic amines is 1. The summed E-state index contributed by atoms with van der Waals surface area (Å²) in [5.41, 5.74) is 10.1. The van der Waals surface area contributed by atoms with Crippen molar-refractivity contribution in [2.45, 2.75) is 32.6 Å². The fourth-order valence-electron chi connectivity index (χ4n) is 3.67. The molecule has 6 nitrogen and oxygen atoms in total. The molecule has 0 aliphatic carbocycles. The van der Waals surface area contributed by atoms with Crippen molar-refractivity contribution in [2.75, 3.05) is 12.8 Å². The number of hydrogen-bond donors (Lipinski definition) is 2. The minimum absolute atomic E-state index is 0.127. The van der Waals surface area contributed by atoms with Crippen LogP contribution in [-0.4, -0.2) is 27.8 Å². The van der Waals surface area contributed by atoms with Gasteiger partial charge in [0.1, 0.15) is 17.3 Å². The Labute approximate surface area is 170 Å². The molecule has 1 amide bonds. The van der Waals surface area contributed by atoms with Crippen molar-refractivity contribution in [3.05, 3.63) is 56.9 Å². The molecule has 0 saturated carbocycles. The second-order valence-corrected chi connectivity index (χ2v) is 7.96. The van der Waals surface area contributed by atoms with Crippen molar-refractivity contribution < 1.29 is 13.9 Å². The summed E-state index contributed by atoms with van der Waals surface area (Å²) in [7, 11) is 1.65. The molecule has 1 aliphatic rings. The van der Waals surface area contributed by atoms with Gasteiger partial charge in [-0.1, -0.05) is 22.0 Å². The Hall–Kier alpha value is -2.45. The first-order valence-electron chi connectivity index (χ1n) is 8.92. The summed E-state index contributed by atoms with van der Waals surface area (Å²) in [6.45, 7) is 4.13. The van der Waals surface area contributed by atoms with Crippen LogP contribution in [0.25, 0.3) is 11.0 Å². The summed E-state index contributed by atoms with van der Waals surface area (Å²) >= 11 is 3.25. The number of carbonyl (C=O) groups excluding carboxylic acids is 1. The van der Waals surface area contributed by atoms with Gasteiger partial charge in [-0.3, -0.25) is 4.79 Å². The number of rotatable bonds is 3. The topological polar surface area (TPSA) is 84.2 Å². The monoisotopic (exact) mass is 446 g/mol. The van der Waals surface area contributed by atoms with Crippen LogP contribution in [0, 0.1) is 5.82 Å². The number of nitrogens with zero attached hydrogens (tertiary/aromatic N) is 2. The van der Waals surface area contributed by atoms with Crippen LogP contribution in [0.15, 0.2) is 28.7 Å². The number of fused-ring (bicyclic) bond motifs is 3. The molecule has 0 unspecified atom stereocenters. The zero-order valence-electron chi connectivity index (χ0n) is 15.7. The molecule has 1 aliphatic heterocycles. The van der Waals surface area contributed by atoms with E-state index in [9.17, 15) is 9.18 Å². The van der Waals surface area contributed by atoms with Crippen LogP contribution >= 0.6 is 15.9 Å². The molecule has 0 saturated heterocycles. The van der Waals surface area contributed by atoms with Crippen molar-refractivity contribution in [3.8, 4) is 0 Å². The maximum atomic E-state index is 14.3. The molecule has 3 N–H and O–H groups in total. The number of pyridine rings is 1. The van der Waals surface area contributed by atoms with Gasteiger partial charge in [0.25, 0.3) is 5.91 Å². The minimum atomic E-state index is -0.445. The van der Waals surface area contributed by atoms with Crippen LogP contribution in [0.5, 0.6) is 0 Å². The van der Waals surface area contributed by atoms with Gasteiger partial charge in [0.2, 0.25) is 0 Å². The molecule has 2 atom stereocenters. The molecule has 0 bridgehead atoms. The Bertz CT molecular complexity index is 1100. The maximum Gasteiger partial charge on any atom is 0.270 e. The highest BCUT2D eigenvalue weighted by molar-refractivity contribution is 9.10. The molecular weight excluding hydrogens is 427 g/mol. The zero-order chi connectivity index (χ0) is 20.2. The Balaban J connectivity index is 1.69. The Morgan fingerprint density at radius 3 is 2.93 bits per heavy atom. The lowest BCUT2D eigenvalue weighted by Crippen LogP contribution is -2.30. The lowest BCUT2D eigenvalue weighted by molar-refractivity contribution is 0.0735. The number of ether oxygens (including phenoxy) is 1. The Morgan fingerprint density at radius 1 is 1.46 bits per heavy atom. The third kappa shape index (κ3) is 2.97. The number of benzene rings is 1. The van der Waals surface area contributed by atoms with E-state index < -0.39 is 6.04 Å². The van der Waals surface area contributed by atoms with Crippen LogP contribution in [-0.2, 0) is 11.3 Å². The molecule has 8 heteroatoms. The number of anilines is 1. The first kappa shape index (κ1) is 18.9. The highest BCUT2D eigenvalue weighted by Gasteiger charge is 2.28. The minimum Gasteiger partial charge on any atom is -0.383 e. The summed E-state index contributed by atoms with van der Waals surface area (Å²) in [5, 5.41) is 0. The van der Waals surface area contributed by atoms with Gasteiger partial charge in [0, 0.05) is 28.2 Å². The van der Waals surface area contributed by atoms with Crippen LogP contribution < -0.4 is 5.73 Å². The molecule has 4 rings (SSSR count). The lowest BCUT2D eigenvalue weighted by Gasteiger charge is -2.25. The molecular formula is C20H20BrFN4O2. The van der Waals surface area contributed by atoms with Crippen molar-refractivity contribution in [3.63, 3.8) is 0 Å². The third-order valence-corrected chi connectivity index (χ3v) is 5.86. The second kappa shape index (κ2) is 6.86. The number of halogens is 2. The van der Waals surface area contributed by atoms with E-state index in [0.29, 0.717) is 33.7 Å². The van der Waals surface area contributed by atoms with Crippen LogP contribution in [0.3, 0.4) is 0 Å². The molecule has 28 heavy (non-hydrogen) atoms. The lowest BCUT2D eigenvalue weighted by atomic mass is 10.1. The maximum absolute atomic E-state index is 14.3. The van der Waals surface area contributed by atoms with E-state index >= 15 is 0 Å². The van der Waals surface area contributed by atoms with Gasteiger partial charge in [-0.25, -0.2) is 9.37 Å². The third-order valence-electron chi connectivity index (χ3n) is 5.37. The number of amides is 1. The van der Waals surface area contributed by atoms with Gasteiger partial charge in [0.05, 0.1) is 29.8 Å². The fourth-order valence-corrected chi connectivity index (χ4v) is 4.00. The van der Waals surface area contributed by atoms with Crippen molar-refractivity contribution in [1.82, 2.24) is 14.9 Å². The number of hydrogen-bond acceptors (Lipinski definition) is 4. The summed E-state index contributed by atoms with van der Waals surface area (Å²) in [4.78, 5) is 22.1. The molecule has 0 radical (unpaired) electrons. The number of nitrogen functional groups attached to an aromatic ring is 1. The zero-order valence-corrected chi connectivity index (χ0v) is 17.3. The summed E-state index contributed by atoms with van der Waals surface area (Å²) < 4.78 is 20.6. The van der Waals surface area contributed by atoms with Gasteiger partial charge in [-0.15, -0.1) is 0 Å². The normalized spacial score (nSPS) is 17.0. The Kier molecular flexibility index (Phi) is 4.63. The standard InChI is InChI=1S/C20H20BrFN4O2/c1-9(12-5-4-11(21)6-14(12)22)26(3)20(27)16-7-15-18(24-16)13-8-28-10(2)17(13)19(23)25-15/h4-7,9-10,24H,8H2,1-3H3,(H2,23,25)/t9-,10-/m1/s1. The van der Waals surface area contributed by atoms with E-state index in [1.54, 1.807) is 32.2 Å². The first-order chi connectivity index (χ1) is 13.3. The molecule has 0 spiro atoms. The number of nitrogens with one attached hydrogen (secondary N) is 1. The number of H-pyrrole nitrogens is 1. The van der Waals surface area contributed by atoms with E-state index in [4.69, 9.17) is 10.5 Å². The van der Waals surface area contributed by atoms with Crippen LogP contribution in [0.2, 0.25) is 0 Å². The van der Waals surface area contributed by atoms with Crippen molar-refractivity contribution in [2.24, 2.45) is 0 Å². The molecule has 2 aromatic heterocycles. The summed E-state index contributed by atoms with van der Waals surface area (Å²) in [6.07, 6.45) is -0.127. The van der Waals surface area contributed by atoms with E-state index in [1.165, 1.54) is 11.0 Å². The van der Waals surface area contributed by atoms with Gasteiger partial charge in [-0.05, 0) is 32.0 Å². The summed E-state index contributed by atoms with van der Waals surface area (Å²) in [6, 6.07) is 6.06. The van der Waals surface area contributed by atoms with Gasteiger partial charge in [-0.2, -0.15) is 0 Å². The highest BCUT2D eigenvalue weighted by atomic mass is 79.9. The average Bonchev–Trinajstić information content (AvgIpc) is 3.24. The van der Waals surface area contributed by atoms with Crippen molar-refractivity contribution in [1.29, 1.82) is 0 Å². The molecule has 146 valence electrons. The number of carbonyl (C=O) groups is 1. The largest absolute Gasteiger partial charge is 0.383 e. The van der Waals surface area contributed by atoms with E-state index in [-0.39, 0.29) is 17.8 Å². The SMILES string of the molecule is C[C@H](c1ccc(Br)cc1F)N(C)C(=O)c1cc2nc(N)c3c(c2[nH]1)CO[C@@H]3C. The van der Waals surface area contributed by atoms with Crippen LogP contribution in [0.4, 0.5) is 10.2 Å². The van der Waals surface area contributed by atoms with Gasteiger partial charge < -0.3 is 20.4 Å². The van der Waals surface area contributed by atoms with Gasteiger partial charge >= 0.3 is 0 Å². The Morgan fingerprint density at radius 2 is 2.21 bits per heavy atom. The predicted molar refractivity (Wildman–Crippen MR) is 108 cm³/mol. The van der Waals surface area contributed by atoms with E-state index in [1.807, 2.05) is 6.92 Å². The van der Waals surface area contributed by atoms with Crippen molar-refractivity contribution >= 4 is 38.7 Å². The average molecular weight is 447 g/mol. The molecule has 3 heterocycles. The predicted octanol–water partition coefficient (Wildman–Crippen LogP) is 4.47. The highest BCUT2D eigenvalue weighted by Crippen LogP contribution is 2.38. The van der Waals surface area contributed by atoms with E-state index in [2.05, 4.69) is 25.9 Å². The second-order valence-electron chi connectivity index (χ2n) is 7.04. The quantitative estimate of drug-likeness (QED) is 0.621. The molecule has 3 aromatic rings. The molecule has 1 aromatic carbocycles. The summed E-state index contributed by atoms with van der Waals surface area (Å²) in [5.74, 6) is -0.201. The number of aromatic nitrogens is 2. The first-order valence-corrected chi connectivity index (χ1v) is 9.72. The fraction of sp³-hybridized carbons (Fsp3) is 0.300. The van der Waals surface area contributed by atoms with Crippen LogP contribution in [0.1, 0.15) is 53.2 Å². The smallest absolute Gasteiger partial charge is 0.270 e. The van der Waals surface area contributed by atoms with Gasteiger partial charge in [0.15, 0.2) is 0 Å². The molecule has 0 fully saturated rings.